The Morgan fingerprint density at radius 1 is 1.30 bits per heavy atom. The number of esters is 1. The highest BCUT2D eigenvalue weighted by Crippen LogP contribution is 2.28. The van der Waals surface area contributed by atoms with Gasteiger partial charge in [-0.1, -0.05) is 12.1 Å². The molecule has 1 aliphatic heterocycles. The predicted octanol–water partition coefficient (Wildman–Crippen LogP) is 2.06. The minimum atomic E-state index is -0.445. The lowest BCUT2D eigenvalue weighted by Gasteiger charge is -2.12. The molecule has 0 amide bonds. The lowest BCUT2D eigenvalue weighted by molar-refractivity contribution is 0.0603. The molecule has 0 fully saturated rings. The van der Waals surface area contributed by atoms with Gasteiger partial charge in [0.2, 0.25) is 0 Å². The van der Waals surface area contributed by atoms with Crippen LogP contribution >= 0.6 is 0 Å². The van der Waals surface area contributed by atoms with Gasteiger partial charge in [0.05, 0.1) is 23.9 Å². The maximum atomic E-state index is 12.2. The van der Waals surface area contributed by atoms with Gasteiger partial charge in [0.1, 0.15) is 0 Å². The minimum Gasteiger partial charge on any atom is -0.465 e. The molecule has 0 saturated heterocycles. The van der Waals surface area contributed by atoms with Crippen LogP contribution in [0.2, 0.25) is 0 Å². The van der Waals surface area contributed by atoms with E-state index in [9.17, 15) is 9.59 Å². The van der Waals surface area contributed by atoms with Crippen molar-refractivity contribution in [3.05, 3.63) is 39.7 Å². The van der Waals surface area contributed by atoms with Crippen molar-refractivity contribution in [2.24, 2.45) is 0 Å². The Bertz CT molecular complexity index is 734. The molecule has 0 aliphatic carbocycles. The van der Waals surface area contributed by atoms with Crippen LogP contribution in [0.1, 0.15) is 28.8 Å². The number of ether oxygens (including phenoxy) is 1. The van der Waals surface area contributed by atoms with Crippen LogP contribution in [-0.4, -0.2) is 24.6 Å². The standard InChI is InChI=1S/C15H16N2O3/c1-20-15(19)11-7-4-6-9-12-10(5-2-3-8-16-12)14(18)17-13(9)11/h4,6-7,16H,2-3,5,8H2,1H3,(H,17,18). The highest BCUT2D eigenvalue weighted by atomic mass is 16.5. The molecule has 5 nitrogen and oxygen atoms in total. The Balaban J connectivity index is 2.34. The first-order valence-corrected chi connectivity index (χ1v) is 6.72. The highest BCUT2D eigenvalue weighted by Gasteiger charge is 2.18. The number of aromatic amines is 1. The Morgan fingerprint density at radius 2 is 2.15 bits per heavy atom. The number of H-pyrrole nitrogens is 1. The third-order valence-electron chi connectivity index (χ3n) is 3.71. The predicted molar refractivity (Wildman–Crippen MR) is 77.3 cm³/mol. The average Bonchev–Trinajstić information content (AvgIpc) is 2.72. The fourth-order valence-corrected chi connectivity index (χ4v) is 2.72. The summed E-state index contributed by atoms with van der Waals surface area (Å²) >= 11 is 0. The summed E-state index contributed by atoms with van der Waals surface area (Å²) in [5, 5.41) is 4.19. The largest absolute Gasteiger partial charge is 0.465 e. The summed E-state index contributed by atoms with van der Waals surface area (Å²) in [6.45, 7) is 0.841. The van der Waals surface area contributed by atoms with Gasteiger partial charge in [-0.25, -0.2) is 4.79 Å². The zero-order valence-corrected chi connectivity index (χ0v) is 11.3. The summed E-state index contributed by atoms with van der Waals surface area (Å²) in [5.41, 5.74) is 2.43. The van der Waals surface area contributed by atoms with Crippen LogP contribution in [0.3, 0.4) is 0 Å². The monoisotopic (exact) mass is 272 g/mol. The van der Waals surface area contributed by atoms with Crippen LogP contribution in [0.15, 0.2) is 23.0 Å². The van der Waals surface area contributed by atoms with Crippen molar-refractivity contribution in [2.75, 3.05) is 19.0 Å². The number of fused-ring (bicyclic) bond motifs is 3. The second-order valence-electron chi connectivity index (χ2n) is 4.91. The van der Waals surface area contributed by atoms with Gasteiger partial charge < -0.3 is 15.0 Å². The molecule has 0 atom stereocenters. The molecule has 104 valence electrons. The Hall–Kier alpha value is -2.30. The third kappa shape index (κ3) is 1.95. The molecule has 1 aromatic heterocycles. The zero-order chi connectivity index (χ0) is 14.1. The molecule has 1 aliphatic rings. The molecule has 5 heteroatoms. The number of anilines is 1. The van der Waals surface area contributed by atoms with E-state index in [1.807, 2.05) is 6.07 Å². The Morgan fingerprint density at radius 3 is 2.95 bits per heavy atom. The first-order chi connectivity index (χ1) is 9.72. The summed E-state index contributed by atoms with van der Waals surface area (Å²) in [6, 6.07) is 5.38. The number of rotatable bonds is 1. The molecular weight excluding hydrogens is 256 g/mol. The summed E-state index contributed by atoms with van der Waals surface area (Å²) in [7, 11) is 1.33. The summed E-state index contributed by atoms with van der Waals surface area (Å²) in [5.74, 6) is -0.445. The van der Waals surface area contributed by atoms with Crippen molar-refractivity contribution >= 4 is 22.6 Å². The van der Waals surface area contributed by atoms with E-state index in [0.717, 1.165) is 42.4 Å². The van der Waals surface area contributed by atoms with E-state index in [0.29, 0.717) is 11.1 Å². The van der Waals surface area contributed by atoms with Gasteiger partial charge >= 0.3 is 5.97 Å². The Labute approximate surface area is 116 Å². The lowest BCUT2D eigenvalue weighted by Crippen LogP contribution is -2.17. The van der Waals surface area contributed by atoms with E-state index in [1.54, 1.807) is 12.1 Å². The fourth-order valence-electron chi connectivity index (χ4n) is 2.72. The topological polar surface area (TPSA) is 71.2 Å². The van der Waals surface area contributed by atoms with Gasteiger partial charge in [-0.3, -0.25) is 4.79 Å². The van der Waals surface area contributed by atoms with E-state index in [4.69, 9.17) is 4.74 Å². The molecule has 0 radical (unpaired) electrons. The second-order valence-corrected chi connectivity index (χ2v) is 4.91. The molecule has 0 saturated carbocycles. The molecule has 2 N–H and O–H groups in total. The van der Waals surface area contributed by atoms with Crippen LogP contribution in [0, 0.1) is 0 Å². The van der Waals surface area contributed by atoms with E-state index < -0.39 is 5.97 Å². The lowest BCUT2D eigenvalue weighted by atomic mass is 10.0. The number of nitrogens with one attached hydrogen (secondary N) is 2. The van der Waals surface area contributed by atoms with E-state index >= 15 is 0 Å². The Kier molecular flexibility index (Phi) is 3.18. The van der Waals surface area contributed by atoms with Crippen molar-refractivity contribution in [1.82, 2.24) is 4.98 Å². The van der Waals surface area contributed by atoms with E-state index in [1.165, 1.54) is 7.11 Å². The highest BCUT2D eigenvalue weighted by molar-refractivity contribution is 6.06. The molecular formula is C15H16N2O3. The summed E-state index contributed by atoms with van der Waals surface area (Å²) < 4.78 is 4.77. The number of pyridine rings is 1. The zero-order valence-electron chi connectivity index (χ0n) is 11.3. The molecule has 2 heterocycles. The van der Waals surface area contributed by atoms with Crippen molar-refractivity contribution in [2.45, 2.75) is 19.3 Å². The summed E-state index contributed by atoms with van der Waals surface area (Å²) in [6.07, 6.45) is 2.79. The minimum absolute atomic E-state index is 0.127. The molecule has 2 aromatic rings. The molecule has 0 bridgehead atoms. The van der Waals surface area contributed by atoms with Crippen LogP contribution in [0.25, 0.3) is 10.9 Å². The van der Waals surface area contributed by atoms with Gasteiger partial charge in [0, 0.05) is 17.5 Å². The van der Waals surface area contributed by atoms with Gasteiger partial charge in [-0.05, 0) is 25.3 Å². The average molecular weight is 272 g/mol. The SMILES string of the molecule is COC(=O)c1cccc2c3c(c(=O)[nH]c12)CCCCN3. The number of aromatic nitrogens is 1. The number of carbonyl (C=O) groups is 1. The summed E-state index contributed by atoms with van der Waals surface area (Å²) in [4.78, 5) is 26.9. The van der Waals surface area contributed by atoms with E-state index in [2.05, 4.69) is 10.3 Å². The van der Waals surface area contributed by atoms with Gasteiger partial charge in [-0.15, -0.1) is 0 Å². The van der Waals surface area contributed by atoms with Crippen LogP contribution in [0.4, 0.5) is 5.69 Å². The van der Waals surface area contributed by atoms with Gasteiger partial charge in [0.25, 0.3) is 5.56 Å². The van der Waals surface area contributed by atoms with Crippen LogP contribution < -0.4 is 10.9 Å². The van der Waals surface area contributed by atoms with Crippen molar-refractivity contribution in [1.29, 1.82) is 0 Å². The smallest absolute Gasteiger partial charge is 0.339 e. The molecule has 3 rings (SSSR count). The van der Waals surface area contributed by atoms with Gasteiger partial charge in [-0.2, -0.15) is 0 Å². The van der Waals surface area contributed by atoms with Crippen LogP contribution in [-0.2, 0) is 11.2 Å². The first-order valence-electron chi connectivity index (χ1n) is 6.72. The maximum Gasteiger partial charge on any atom is 0.339 e. The fraction of sp³-hybridized carbons (Fsp3) is 0.333. The maximum absolute atomic E-state index is 12.2. The van der Waals surface area contributed by atoms with Crippen molar-refractivity contribution < 1.29 is 9.53 Å². The van der Waals surface area contributed by atoms with Gasteiger partial charge in [0.15, 0.2) is 0 Å². The molecule has 0 spiro atoms. The number of carbonyl (C=O) groups excluding carboxylic acids is 1. The normalized spacial score (nSPS) is 14.2. The van der Waals surface area contributed by atoms with Crippen molar-refractivity contribution in [3.63, 3.8) is 0 Å². The molecule has 1 aromatic carbocycles. The third-order valence-corrected chi connectivity index (χ3v) is 3.71. The van der Waals surface area contributed by atoms with Crippen molar-refractivity contribution in [3.8, 4) is 0 Å². The van der Waals surface area contributed by atoms with E-state index in [-0.39, 0.29) is 5.56 Å². The number of hydrogen-bond donors (Lipinski definition) is 2. The quantitative estimate of drug-likeness (QED) is 0.779. The molecule has 0 unspecified atom stereocenters. The van der Waals surface area contributed by atoms with Crippen LogP contribution in [0.5, 0.6) is 0 Å². The number of hydrogen-bond acceptors (Lipinski definition) is 4. The number of benzene rings is 1. The number of para-hydroxylation sites is 1. The first kappa shape index (κ1) is 12.7. The number of methoxy groups -OCH3 is 1. The molecule has 20 heavy (non-hydrogen) atoms. The second kappa shape index (κ2) is 5.00.